The van der Waals surface area contributed by atoms with E-state index in [1.807, 2.05) is 0 Å². The number of ether oxygens (including phenoxy) is 1. The minimum Gasteiger partial charge on any atom is -0.453 e. The Kier molecular flexibility index (Phi) is 3.98. The summed E-state index contributed by atoms with van der Waals surface area (Å²) in [6.07, 6.45) is 2.78. The molecule has 0 saturated carbocycles. The van der Waals surface area contributed by atoms with Crippen molar-refractivity contribution in [2.75, 3.05) is 20.2 Å². The van der Waals surface area contributed by atoms with Gasteiger partial charge in [0.15, 0.2) is 0 Å². The first-order valence-corrected chi connectivity index (χ1v) is 4.57. The Bertz CT molecular complexity index is 175. The van der Waals surface area contributed by atoms with Gasteiger partial charge in [-0.2, -0.15) is 0 Å². The Morgan fingerprint density at radius 2 is 2.54 bits per heavy atom. The molecule has 1 saturated heterocycles. The maximum absolute atomic E-state index is 11.2. The van der Waals surface area contributed by atoms with Crippen LogP contribution in [0.2, 0.25) is 0 Å². The average Bonchev–Trinajstić information content (AvgIpc) is 2.61. The van der Waals surface area contributed by atoms with Crippen LogP contribution >= 0.6 is 0 Å². The lowest BCUT2D eigenvalue weighted by molar-refractivity contribution is 0.117. The molecule has 76 valence electrons. The fraction of sp³-hybridized carbons (Fsp3) is 0.875. The molecule has 0 aromatic heterocycles. The van der Waals surface area contributed by atoms with Crippen molar-refractivity contribution >= 4 is 6.09 Å². The van der Waals surface area contributed by atoms with Crippen LogP contribution in [0.15, 0.2) is 0 Å². The van der Waals surface area contributed by atoms with Gasteiger partial charge in [-0.1, -0.05) is 0 Å². The van der Waals surface area contributed by atoms with Gasteiger partial charge in [0.05, 0.1) is 7.11 Å². The number of hydrogen-bond acceptors (Lipinski definition) is 4. The van der Waals surface area contributed by atoms with Crippen molar-refractivity contribution in [2.24, 2.45) is 5.84 Å². The second-order valence-electron chi connectivity index (χ2n) is 3.20. The van der Waals surface area contributed by atoms with E-state index in [0.29, 0.717) is 6.04 Å². The zero-order valence-corrected chi connectivity index (χ0v) is 7.95. The summed E-state index contributed by atoms with van der Waals surface area (Å²) in [5, 5.41) is 0. The number of amides is 1. The number of rotatable bonds is 3. The first kappa shape index (κ1) is 10.3. The Morgan fingerprint density at radius 1 is 1.77 bits per heavy atom. The molecule has 0 aromatic carbocycles. The minimum atomic E-state index is -0.223. The van der Waals surface area contributed by atoms with E-state index in [9.17, 15) is 4.79 Å². The SMILES string of the molecule is COC(=O)N1CCCC1CCNN. The van der Waals surface area contributed by atoms with Gasteiger partial charge in [-0.15, -0.1) is 0 Å². The number of nitrogens with zero attached hydrogens (tertiary/aromatic N) is 1. The fourth-order valence-electron chi connectivity index (χ4n) is 1.74. The third-order valence-corrected chi connectivity index (χ3v) is 2.41. The van der Waals surface area contributed by atoms with E-state index in [0.717, 1.165) is 32.4 Å². The van der Waals surface area contributed by atoms with E-state index >= 15 is 0 Å². The van der Waals surface area contributed by atoms with Crippen LogP contribution in [0, 0.1) is 0 Å². The predicted octanol–water partition coefficient (Wildman–Crippen LogP) is 0.0706. The molecule has 5 heteroatoms. The van der Waals surface area contributed by atoms with Crippen LogP contribution in [0.25, 0.3) is 0 Å². The summed E-state index contributed by atoms with van der Waals surface area (Å²) >= 11 is 0. The minimum absolute atomic E-state index is 0.223. The first-order chi connectivity index (χ1) is 6.29. The molecular weight excluding hydrogens is 170 g/mol. The summed E-state index contributed by atoms with van der Waals surface area (Å²) in [7, 11) is 1.42. The van der Waals surface area contributed by atoms with E-state index in [2.05, 4.69) is 10.2 Å². The highest BCUT2D eigenvalue weighted by Crippen LogP contribution is 2.20. The summed E-state index contributed by atoms with van der Waals surface area (Å²) in [5.41, 5.74) is 2.59. The van der Waals surface area contributed by atoms with Gasteiger partial charge in [-0.05, 0) is 19.3 Å². The normalized spacial score (nSPS) is 22.0. The average molecular weight is 187 g/mol. The monoisotopic (exact) mass is 187 g/mol. The fourth-order valence-corrected chi connectivity index (χ4v) is 1.74. The Labute approximate surface area is 78.2 Å². The Morgan fingerprint density at radius 3 is 3.15 bits per heavy atom. The van der Waals surface area contributed by atoms with Crippen LogP contribution in [-0.4, -0.2) is 37.2 Å². The lowest BCUT2D eigenvalue weighted by Crippen LogP contribution is -2.38. The van der Waals surface area contributed by atoms with Crippen LogP contribution in [0.1, 0.15) is 19.3 Å². The van der Waals surface area contributed by atoms with E-state index in [-0.39, 0.29) is 6.09 Å². The molecule has 0 bridgehead atoms. The molecule has 3 N–H and O–H groups in total. The van der Waals surface area contributed by atoms with Gasteiger partial charge in [0.2, 0.25) is 0 Å². The number of methoxy groups -OCH3 is 1. The number of hydrazine groups is 1. The van der Waals surface area contributed by atoms with Crippen molar-refractivity contribution in [3.05, 3.63) is 0 Å². The molecule has 1 fully saturated rings. The van der Waals surface area contributed by atoms with Crippen LogP contribution in [0.3, 0.4) is 0 Å². The van der Waals surface area contributed by atoms with Gasteiger partial charge >= 0.3 is 6.09 Å². The van der Waals surface area contributed by atoms with Crippen molar-refractivity contribution in [3.8, 4) is 0 Å². The zero-order chi connectivity index (χ0) is 9.68. The highest BCUT2D eigenvalue weighted by molar-refractivity contribution is 5.68. The topological polar surface area (TPSA) is 67.6 Å². The maximum Gasteiger partial charge on any atom is 0.409 e. The van der Waals surface area contributed by atoms with E-state index < -0.39 is 0 Å². The molecular formula is C8H17N3O2. The second kappa shape index (κ2) is 5.04. The smallest absolute Gasteiger partial charge is 0.409 e. The maximum atomic E-state index is 11.2. The summed E-state index contributed by atoms with van der Waals surface area (Å²) < 4.78 is 4.68. The number of nitrogens with two attached hydrogens (primary N) is 1. The van der Waals surface area contributed by atoms with Gasteiger partial charge < -0.3 is 9.64 Å². The van der Waals surface area contributed by atoms with Gasteiger partial charge in [0.25, 0.3) is 0 Å². The lowest BCUT2D eigenvalue weighted by Gasteiger charge is -2.22. The van der Waals surface area contributed by atoms with Crippen LogP contribution in [-0.2, 0) is 4.74 Å². The van der Waals surface area contributed by atoms with Gasteiger partial charge in [-0.25, -0.2) is 4.79 Å². The number of carbonyl (C=O) groups excluding carboxylic acids is 1. The third kappa shape index (κ3) is 2.57. The molecule has 1 aliphatic rings. The van der Waals surface area contributed by atoms with Crippen molar-refractivity contribution in [1.82, 2.24) is 10.3 Å². The zero-order valence-electron chi connectivity index (χ0n) is 7.95. The molecule has 13 heavy (non-hydrogen) atoms. The number of hydrogen-bond donors (Lipinski definition) is 2. The molecule has 5 nitrogen and oxygen atoms in total. The number of likely N-dealkylation sites (tertiary alicyclic amines) is 1. The van der Waals surface area contributed by atoms with E-state index in [1.165, 1.54) is 7.11 Å². The molecule has 1 unspecified atom stereocenters. The summed E-state index contributed by atoms with van der Waals surface area (Å²) in [4.78, 5) is 13.0. The van der Waals surface area contributed by atoms with E-state index in [4.69, 9.17) is 5.84 Å². The van der Waals surface area contributed by atoms with Gasteiger partial charge in [-0.3, -0.25) is 11.3 Å². The molecule has 1 aliphatic heterocycles. The summed E-state index contributed by atoms with van der Waals surface area (Å²) in [6.45, 7) is 1.54. The van der Waals surface area contributed by atoms with Crippen molar-refractivity contribution in [2.45, 2.75) is 25.3 Å². The Balaban J connectivity index is 2.39. The highest BCUT2D eigenvalue weighted by Gasteiger charge is 2.28. The molecule has 1 atom stereocenters. The largest absolute Gasteiger partial charge is 0.453 e. The van der Waals surface area contributed by atoms with Gasteiger partial charge in [0.1, 0.15) is 0 Å². The standard InChI is InChI=1S/C8H17N3O2/c1-13-8(12)11-6-2-3-7(11)4-5-10-9/h7,10H,2-6,9H2,1H3. The van der Waals surface area contributed by atoms with Crippen molar-refractivity contribution < 1.29 is 9.53 Å². The molecule has 0 spiro atoms. The van der Waals surface area contributed by atoms with Crippen molar-refractivity contribution in [1.29, 1.82) is 0 Å². The Hall–Kier alpha value is -0.810. The molecule has 1 rings (SSSR count). The van der Waals surface area contributed by atoms with Crippen LogP contribution in [0.5, 0.6) is 0 Å². The predicted molar refractivity (Wildman–Crippen MR) is 48.9 cm³/mol. The summed E-state index contributed by atoms with van der Waals surface area (Å²) in [5.74, 6) is 5.18. The van der Waals surface area contributed by atoms with Crippen LogP contribution in [0.4, 0.5) is 4.79 Å². The van der Waals surface area contributed by atoms with E-state index in [1.54, 1.807) is 4.90 Å². The molecule has 1 heterocycles. The highest BCUT2D eigenvalue weighted by atomic mass is 16.5. The molecule has 0 radical (unpaired) electrons. The third-order valence-electron chi connectivity index (χ3n) is 2.41. The molecule has 1 amide bonds. The summed E-state index contributed by atoms with van der Waals surface area (Å²) in [6, 6.07) is 0.295. The molecule has 0 aliphatic carbocycles. The number of carbonyl (C=O) groups is 1. The first-order valence-electron chi connectivity index (χ1n) is 4.57. The number of nitrogens with one attached hydrogen (secondary N) is 1. The second-order valence-corrected chi connectivity index (χ2v) is 3.20. The lowest BCUT2D eigenvalue weighted by atomic mass is 10.1. The molecule has 0 aromatic rings. The quantitative estimate of drug-likeness (QED) is 0.484. The van der Waals surface area contributed by atoms with Crippen molar-refractivity contribution in [3.63, 3.8) is 0 Å². The van der Waals surface area contributed by atoms with Gasteiger partial charge in [0, 0.05) is 19.1 Å². The van der Waals surface area contributed by atoms with Crippen LogP contribution < -0.4 is 11.3 Å².